The third kappa shape index (κ3) is 8.01. The Hall–Kier alpha value is -2.85. The van der Waals surface area contributed by atoms with Crippen molar-refractivity contribution in [3.05, 3.63) is 65.7 Å². The molecule has 0 aliphatic rings. The summed E-state index contributed by atoms with van der Waals surface area (Å²) in [6.45, 7) is 1.45. The van der Waals surface area contributed by atoms with Crippen molar-refractivity contribution in [2.75, 3.05) is 23.0 Å². The number of carbonyl (C=O) groups is 3. The van der Waals surface area contributed by atoms with Crippen LogP contribution >= 0.6 is 11.8 Å². The predicted octanol–water partition coefficient (Wildman–Crippen LogP) is 2.72. The van der Waals surface area contributed by atoms with Crippen molar-refractivity contribution in [2.45, 2.75) is 25.5 Å². The average molecular weight is 479 g/mol. The van der Waals surface area contributed by atoms with Crippen molar-refractivity contribution in [1.29, 1.82) is 0 Å². The summed E-state index contributed by atoms with van der Waals surface area (Å²) in [6, 6.07) is 13.4. The molecule has 0 spiro atoms. The molecule has 8 nitrogen and oxygen atoms in total. The number of thioether (sulfide) groups is 1. The highest BCUT2D eigenvalue weighted by atomic mass is 32.2. The van der Waals surface area contributed by atoms with E-state index in [-0.39, 0.29) is 5.56 Å². The molecule has 0 radical (unpaired) electrons. The SMILES string of the molecule is CSCCC(NC(=O)c1ccccc1)C(=O)OC(C)C(=O)c1ccc(NS(C)(=O)=O)cc1. The van der Waals surface area contributed by atoms with E-state index >= 15 is 0 Å². The minimum absolute atomic E-state index is 0.262. The molecule has 0 aliphatic heterocycles. The Morgan fingerprint density at radius 3 is 2.19 bits per heavy atom. The molecule has 0 saturated carbocycles. The fourth-order valence-corrected chi connectivity index (χ4v) is 3.81. The van der Waals surface area contributed by atoms with Crippen LogP contribution < -0.4 is 10.0 Å². The predicted molar refractivity (Wildman–Crippen MR) is 125 cm³/mol. The number of ether oxygens (including phenoxy) is 1. The van der Waals surface area contributed by atoms with E-state index in [4.69, 9.17) is 4.74 Å². The number of anilines is 1. The maximum Gasteiger partial charge on any atom is 0.329 e. The molecular formula is C22H26N2O6S2. The summed E-state index contributed by atoms with van der Waals surface area (Å²) in [5, 5.41) is 2.68. The van der Waals surface area contributed by atoms with Gasteiger partial charge in [-0.05, 0) is 61.8 Å². The van der Waals surface area contributed by atoms with Crippen molar-refractivity contribution in [3.63, 3.8) is 0 Å². The van der Waals surface area contributed by atoms with Gasteiger partial charge in [0.05, 0.1) is 6.26 Å². The number of ketones is 1. The van der Waals surface area contributed by atoms with E-state index in [1.165, 1.54) is 43.0 Å². The smallest absolute Gasteiger partial charge is 0.329 e. The zero-order valence-corrected chi connectivity index (χ0v) is 19.7. The fourth-order valence-electron chi connectivity index (χ4n) is 2.78. The molecule has 0 fully saturated rings. The van der Waals surface area contributed by atoms with E-state index in [2.05, 4.69) is 10.0 Å². The van der Waals surface area contributed by atoms with Gasteiger partial charge >= 0.3 is 5.97 Å². The topological polar surface area (TPSA) is 119 Å². The first-order chi connectivity index (χ1) is 15.1. The van der Waals surface area contributed by atoms with Gasteiger partial charge < -0.3 is 10.1 Å². The van der Waals surface area contributed by atoms with Gasteiger partial charge in [0, 0.05) is 16.8 Å². The quantitative estimate of drug-likeness (QED) is 0.376. The number of Topliss-reactive ketones (excluding diaryl/α,β-unsaturated/α-hetero) is 1. The summed E-state index contributed by atoms with van der Waals surface area (Å²) < 4.78 is 30.2. The second-order valence-corrected chi connectivity index (χ2v) is 9.80. The first-order valence-corrected chi connectivity index (χ1v) is 13.1. The number of amides is 1. The Bertz CT molecular complexity index is 1040. The van der Waals surface area contributed by atoms with Gasteiger partial charge in [0.2, 0.25) is 15.8 Å². The maximum atomic E-state index is 12.7. The minimum Gasteiger partial charge on any atom is -0.453 e. The molecule has 32 heavy (non-hydrogen) atoms. The van der Waals surface area contributed by atoms with Crippen molar-refractivity contribution in [2.24, 2.45) is 0 Å². The van der Waals surface area contributed by atoms with E-state index in [9.17, 15) is 22.8 Å². The summed E-state index contributed by atoms with van der Waals surface area (Å²) in [5.74, 6) is -0.921. The van der Waals surface area contributed by atoms with Crippen LogP contribution in [0, 0.1) is 0 Å². The lowest BCUT2D eigenvalue weighted by Gasteiger charge is -2.20. The lowest BCUT2D eigenvalue weighted by molar-refractivity contribution is -0.148. The van der Waals surface area contributed by atoms with E-state index in [0.29, 0.717) is 23.4 Å². The van der Waals surface area contributed by atoms with E-state index in [1.807, 2.05) is 6.26 Å². The van der Waals surface area contributed by atoms with E-state index in [1.54, 1.807) is 30.3 Å². The number of benzene rings is 2. The molecule has 0 aromatic heterocycles. The summed E-state index contributed by atoms with van der Waals surface area (Å²) >= 11 is 1.52. The highest BCUT2D eigenvalue weighted by Gasteiger charge is 2.27. The van der Waals surface area contributed by atoms with Gasteiger partial charge in [0.15, 0.2) is 6.10 Å². The molecule has 10 heteroatoms. The first-order valence-electron chi connectivity index (χ1n) is 9.78. The van der Waals surface area contributed by atoms with Crippen LogP contribution in [0.25, 0.3) is 0 Å². The standard InChI is InChI=1S/C22H26N2O6S2/c1-15(20(25)16-9-11-18(12-10-16)24-32(3,28)29)30-22(27)19(13-14-31-2)23-21(26)17-7-5-4-6-8-17/h4-12,15,19,24H,13-14H2,1-3H3,(H,23,26). The zero-order chi connectivity index (χ0) is 23.7. The van der Waals surface area contributed by atoms with Crippen LogP contribution in [0.4, 0.5) is 5.69 Å². The van der Waals surface area contributed by atoms with Crippen molar-refractivity contribution in [3.8, 4) is 0 Å². The van der Waals surface area contributed by atoms with Crippen molar-refractivity contribution in [1.82, 2.24) is 5.32 Å². The van der Waals surface area contributed by atoms with Crippen LogP contribution in [0.3, 0.4) is 0 Å². The molecule has 2 unspecified atom stereocenters. The summed E-state index contributed by atoms with van der Waals surface area (Å²) in [7, 11) is -3.43. The van der Waals surface area contributed by atoms with Crippen LogP contribution in [0.15, 0.2) is 54.6 Å². The Labute approximate surface area is 192 Å². The Kier molecular flexibility index (Phi) is 9.27. The van der Waals surface area contributed by atoms with Gasteiger partial charge in [0.1, 0.15) is 6.04 Å². The summed E-state index contributed by atoms with van der Waals surface area (Å²) in [5.41, 5.74) is 0.995. The Balaban J connectivity index is 2.04. The molecule has 0 bridgehead atoms. The Morgan fingerprint density at radius 1 is 1.00 bits per heavy atom. The van der Waals surface area contributed by atoms with E-state index < -0.39 is 39.8 Å². The van der Waals surface area contributed by atoms with Crippen LogP contribution in [-0.2, 0) is 19.6 Å². The second kappa shape index (κ2) is 11.7. The van der Waals surface area contributed by atoms with Crippen molar-refractivity contribution >= 4 is 45.1 Å². The molecular weight excluding hydrogens is 452 g/mol. The molecule has 172 valence electrons. The fraction of sp³-hybridized carbons (Fsp3) is 0.318. The van der Waals surface area contributed by atoms with Crippen LogP contribution in [0.5, 0.6) is 0 Å². The number of esters is 1. The van der Waals surface area contributed by atoms with Crippen molar-refractivity contribution < 1.29 is 27.5 Å². The third-order valence-electron chi connectivity index (χ3n) is 4.37. The number of sulfonamides is 1. The van der Waals surface area contributed by atoms with Crippen LogP contribution in [0.2, 0.25) is 0 Å². The molecule has 0 heterocycles. The zero-order valence-electron chi connectivity index (χ0n) is 18.0. The van der Waals surface area contributed by atoms with Gasteiger partial charge in [-0.25, -0.2) is 13.2 Å². The molecule has 0 aliphatic carbocycles. The molecule has 2 aromatic rings. The molecule has 2 aromatic carbocycles. The van der Waals surface area contributed by atoms with Gasteiger partial charge in [-0.15, -0.1) is 0 Å². The third-order valence-corrected chi connectivity index (χ3v) is 5.62. The van der Waals surface area contributed by atoms with Gasteiger partial charge in [-0.2, -0.15) is 11.8 Å². The summed E-state index contributed by atoms with van der Waals surface area (Å²) in [6.07, 6.45) is 2.18. The number of rotatable bonds is 11. The molecule has 2 atom stereocenters. The van der Waals surface area contributed by atoms with Gasteiger partial charge in [-0.1, -0.05) is 18.2 Å². The monoisotopic (exact) mass is 478 g/mol. The lowest BCUT2D eigenvalue weighted by atomic mass is 10.1. The number of hydrogen-bond acceptors (Lipinski definition) is 7. The molecule has 2 rings (SSSR count). The largest absolute Gasteiger partial charge is 0.453 e. The summed E-state index contributed by atoms with van der Waals surface area (Å²) in [4.78, 5) is 37.8. The Morgan fingerprint density at radius 2 is 1.62 bits per heavy atom. The highest BCUT2D eigenvalue weighted by molar-refractivity contribution is 7.98. The van der Waals surface area contributed by atoms with Crippen LogP contribution in [-0.4, -0.2) is 56.5 Å². The average Bonchev–Trinajstić information content (AvgIpc) is 2.75. The molecule has 2 N–H and O–H groups in total. The number of carbonyl (C=O) groups excluding carboxylic acids is 3. The van der Waals surface area contributed by atoms with E-state index in [0.717, 1.165) is 6.26 Å². The van der Waals surface area contributed by atoms with Crippen LogP contribution in [0.1, 0.15) is 34.1 Å². The van der Waals surface area contributed by atoms with Gasteiger partial charge in [0.25, 0.3) is 5.91 Å². The normalized spacial score (nSPS) is 13.0. The lowest BCUT2D eigenvalue weighted by Crippen LogP contribution is -2.44. The molecule has 1 amide bonds. The number of hydrogen-bond donors (Lipinski definition) is 2. The highest BCUT2D eigenvalue weighted by Crippen LogP contribution is 2.14. The number of nitrogens with one attached hydrogen (secondary N) is 2. The first kappa shape index (κ1) is 25.4. The molecule has 0 saturated heterocycles. The minimum atomic E-state index is -3.43. The maximum absolute atomic E-state index is 12.7. The van der Waals surface area contributed by atoms with Gasteiger partial charge in [-0.3, -0.25) is 14.3 Å². The second-order valence-electron chi connectivity index (χ2n) is 7.07.